The lowest BCUT2D eigenvalue weighted by molar-refractivity contribution is -0.138. The molecule has 2 aliphatic heterocycles. The summed E-state index contributed by atoms with van der Waals surface area (Å²) in [5.41, 5.74) is -2.45. The summed E-state index contributed by atoms with van der Waals surface area (Å²) in [5.74, 6) is -0.370. The fourth-order valence-electron chi connectivity index (χ4n) is 3.68. The van der Waals surface area contributed by atoms with Gasteiger partial charge in [-0.15, -0.1) is 0 Å². The molecule has 2 aliphatic rings. The number of imide groups is 1. The van der Waals surface area contributed by atoms with E-state index in [9.17, 15) is 18.0 Å². The SMILES string of the molecule is CC(C)S(=O)(=O)CCCN1C(=O)NC2(CC(C)(C)OC2(C)C)C1=O. The van der Waals surface area contributed by atoms with E-state index in [0.29, 0.717) is 6.42 Å². The molecule has 0 aromatic heterocycles. The van der Waals surface area contributed by atoms with Gasteiger partial charge < -0.3 is 10.1 Å². The van der Waals surface area contributed by atoms with Gasteiger partial charge in [0, 0.05) is 13.0 Å². The van der Waals surface area contributed by atoms with Crippen molar-refractivity contribution in [1.29, 1.82) is 0 Å². The molecule has 24 heavy (non-hydrogen) atoms. The number of hydrogen-bond donors (Lipinski definition) is 1. The first kappa shape index (κ1) is 19.2. The second-order valence-electron chi connectivity index (χ2n) is 8.11. The minimum absolute atomic E-state index is 0.0416. The second-order valence-corrected chi connectivity index (χ2v) is 10.8. The van der Waals surface area contributed by atoms with Crippen molar-refractivity contribution in [3.63, 3.8) is 0 Å². The van der Waals surface area contributed by atoms with Crippen molar-refractivity contribution in [2.45, 2.75) is 76.4 Å². The third-order valence-corrected chi connectivity index (χ3v) is 7.25. The average Bonchev–Trinajstić information content (AvgIpc) is 2.72. The third-order valence-electron chi connectivity index (χ3n) is 4.95. The van der Waals surface area contributed by atoms with Crippen LogP contribution in [0.1, 0.15) is 54.4 Å². The summed E-state index contributed by atoms with van der Waals surface area (Å²) in [5, 5.41) is 2.35. The van der Waals surface area contributed by atoms with Crippen LogP contribution in [0.5, 0.6) is 0 Å². The Morgan fingerprint density at radius 2 is 1.79 bits per heavy atom. The number of amides is 3. The Morgan fingerprint density at radius 1 is 1.21 bits per heavy atom. The lowest BCUT2D eigenvalue weighted by atomic mass is 9.79. The Bertz CT molecular complexity index is 653. The lowest BCUT2D eigenvalue weighted by Crippen LogP contribution is -2.59. The molecule has 8 heteroatoms. The van der Waals surface area contributed by atoms with Crippen LogP contribution in [0.4, 0.5) is 4.79 Å². The van der Waals surface area contributed by atoms with Gasteiger partial charge in [-0.05, 0) is 48.0 Å². The number of hydrogen-bond acceptors (Lipinski definition) is 5. The predicted octanol–water partition coefficient (Wildman–Crippen LogP) is 1.47. The van der Waals surface area contributed by atoms with E-state index in [1.54, 1.807) is 27.7 Å². The van der Waals surface area contributed by atoms with Gasteiger partial charge in [-0.3, -0.25) is 9.69 Å². The number of urea groups is 1. The summed E-state index contributed by atoms with van der Waals surface area (Å²) in [7, 11) is -3.19. The van der Waals surface area contributed by atoms with Crippen molar-refractivity contribution in [2.75, 3.05) is 12.3 Å². The van der Waals surface area contributed by atoms with Gasteiger partial charge in [0.1, 0.15) is 0 Å². The number of nitrogens with zero attached hydrogens (tertiary/aromatic N) is 1. The Balaban J connectivity index is 2.13. The molecular formula is C16H28N2O5S. The monoisotopic (exact) mass is 360 g/mol. The molecule has 2 saturated heterocycles. The van der Waals surface area contributed by atoms with Crippen molar-refractivity contribution in [1.82, 2.24) is 10.2 Å². The summed E-state index contributed by atoms with van der Waals surface area (Å²) in [6.45, 7) is 10.7. The number of rotatable bonds is 5. The van der Waals surface area contributed by atoms with E-state index in [2.05, 4.69) is 5.32 Å². The van der Waals surface area contributed by atoms with Crippen LogP contribution < -0.4 is 5.32 Å². The van der Waals surface area contributed by atoms with Crippen LogP contribution in [0.15, 0.2) is 0 Å². The smallest absolute Gasteiger partial charge is 0.325 e. The molecule has 1 N–H and O–H groups in total. The molecule has 1 atom stereocenters. The standard InChI is InChI=1S/C16H28N2O5S/c1-11(2)24(21,22)9-7-8-18-12(19)16(17-13(18)20)10-14(3,4)23-15(16,5)6/h11H,7-10H2,1-6H3,(H,17,20). The average molecular weight is 360 g/mol. The molecule has 0 bridgehead atoms. The zero-order valence-electron chi connectivity index (χ0n) is 15.3. The van der Waals surface area contributed by atoms with Crippen LogP contribution in [0.25, 0.3) is 0 Å². The first-order valence-electron chi connectivity index (χ1n) is 8.30. The lowest BCUT2D eigenvalue weighted by Gasteiger charge is -2.33. The minimum atomic E-state index is -3.19. The van der Waals surface area contributed by atoms with E-state index in [-0.39, 0.29) is 24.6 Å². The minimum Gasteiger partial charge on any atom is -0.367 e. The fourth-order valence-corrected chi connectivity index (χ4v) is 4.68. The highest BCUT2D eigenvalue weighted by Gasteiger charge is 2.67. The highest BCUT2D eigenvalue weighted by molar-refractivity contribution is 7.91. The highest BCUT2D eigenvalue weighted by atomic mass is 32.2. The van der Waals surface area contributed by atoms with Crippen LogP contribution in [0.3, 0.4) is 0 Å². The number of nitrogens with one attached hydrogen (secondary N) is 1. The summed E-state index contributed by atoms with van der Waals surface area (Å²) in [6, 6.07) is -0.476. The van der Waals surface area contributed by atoms with Crippen molar-refractivity contribution in [3.05, 3.63) is 0 Å². The number of ether oxygens (including phenoxy) is 1. The molecule has 0 aliphatic carbocycles. The quantitative estimate of drug-likeness (QED) is 0.750. The normalized spacial score (nSPS) is 28.9. The van der Waals surface area contributed by atoms with Crippen LogP contribution >= 0.6 is 0 Å². The van der Waals surface area contributed by atoms with Gasteiger partial charge in [0.2, 0.25) is 0 Å². The molecule has 2 fully saturated rings. The number of sulfone groups is 1. The molecular weight excluding hydrogens is 332 g/mol. The van der Waals surface area contributed by atoms with Crippen LogP contribution in [0, 0.1) is 0 Å². The Morgan fingerprint density at radius 3 is 2.25 bits per heavy atom. The summed E-state index contributed by atoms with van der Waals surface area (Å²) >= 11 is 0. The second kappa shape index (κ2) is 5.69. The topological polar surface area (TPSA) is 92.8 Å². The maximum absolute atomic E-state index is 12.9. The van der Waals surface area contributed by atoms with Crippen LogP contribution in [-0.4, -0.2) is 59.5 Å². The van der Waals surface area contributed by atoms with Crippen molar-refractivity contribution in [2.24, 2.45) is 0 Å². The van der Waals surface area contributed by atoms with Gasteiger partial charge in [-0.1, -0.05) is 0 Å². The van der Waals surface area contributed by atoms with Gasteiger partial charge in [0.25, 0.3) is 5.91 Å². The first-order chi connectivity index (χ1) is 10.7. The summed E-state index contributed by atoms with van der Waals surface area (Å²) in [6.07, 6.45) is 0.624. The first-order valence-corrected chi connectivity index (χ1v) is 10.0. The largest absolute Gasteiger partial charge is 0.367 e. The van der Waals surface area contributed by atoms with Gasteiger partial charge in [-0.2, -0.15) is 0 Å². The van der Waals surface area contributed by atoms with Gasteiger partial charge in [0.15, 0.2) is 15.4 Å². The van der Waals surface area contributed by atoms with Crippen molar-refractivity contribution < 1.29 is 22.7 Å². The Kier molecular flexibility index (Phi) is 4.55. The number of carbonyl (C=O) groups excluding carboxylic acids is 2. The van der Waals surface area contributed by atoms with Crippen LogP contribution in [0.2, 0.25) is 0 Å². The van der Waals surface area contributed by atoms with E-state index in [4.69, 9.17) is 4.74 Å². The summed E-state index contributed by atoms with van der Waals surface area (Å²) < 4.78 is 29.7. The molecule has 138 valence electrons. The van der Waals surface area contributed by atoms with Gasteiger partial charge >= 0.3 is 6.03 Å². The van der Waals surface area contributed by atoms with E-state index in [0.717, 1.165) is 4.90 Å². The maximum atomic E-state index is 12.9. The molecule has 0 aromatic carbocycles. The Labute approximate surface area is 144 Å². The maximum Gasteiger partial charge on any atom is 0.325 e. The van der Waals surface area contributed by atoms with E-state index in [1.165, 1.54) is 0 Å². The molecule has 0 radical (unpaired) electrons. The summed E-state index contributed by atoms with van der Waals surface area (Å²) in [4.78, 5) is 26.4. The zero-order chi connectivity index (χ0) is 18.6. The van der Waals surface area contributed by atoms with Crippen molar-refractivity contribution >= 4 is 21.8 Å². The molecule has 0 aromatic rings. The third kappa shape index (κ3) is 3.06. The highest BCUT2D eigenvalue weighted by Crippen LogP contribution is 2.47. The molecule has 0 saturated carbocycles. The molecule has 2 heterocycles. The van der Waals surface area contributed by atoms with Crippen LogP contribution in [-0.2, 0) is 19.4 Å². The van der Waals surface area contributed by atoms with Gasteiger partial charge in [-0.25, -0.2) is 13.2 Å². The molecule has 7 nitrogen and oxygen atoms in total. The Hall–Kier alpha value is -1.15. The fraction of sp³-hybridized carbons (Fsp3) is 0.875. The number of carbonyl (C=O) groups is 2. The zero-order valence-corrected chi connectivity index (χ0v) is 16.1. The molecule has 3 amide bonds. The van der Waals surface area contributed by atoms with Gasteiger partial charge in [0.05, 0.1) is 22.2 Å². The predicted molar refractivity (Wildman–Crippen MR) is 90.4 cm³/mol. The van der Waals surface area contributed by atoms with E-state index in [1.807, 2.05) is 13.8 Å². The van der Waals surface area contributed by atoms with E-state index >= 15 is 0 Å². The molecule has 1 spiro atoms. The molecule has 1 unspecified atom stereocenters. The van der Waals surface area contributed by atoms with E-state index < -0.39 is 37.9 Å². The molecule has 2 rings (SSSR count). The van der Waals surface area contributed by atoms with Crippen molar-refractivity contribution in [3.8, 4) is 0 Å².